The summed E-state index contributed by atoms with van der Waals surface area (Å²) >= 11 is 0. The molecule has 18 heavy (non-hydrogen) atoms. The summed E-state index contributed by atoms with van der Waals surface area (Å²) < 4.78 is 5.50. The molecule has 0 saturated heterocycles. The standard InChI is InChI=1S/C16H22O2/c1-3-13-5-7-14(8-6-13)11-15(17)12-16(18-2)9-4-10-16/h5-8H,3-4,9-12H2,1-2H3. The molecule has 0 radical (unpaired) electrons. The summed E-state index contributed by atoms with van der Waals surface area (Å²) in [5, 5.41) is 0. The van der Waals surface area contributed by atoms with Gasteiger partial charge in [0.15, 0.2) is 0 Å². The predicted molar refractivity (Wildman–Crippen MR) is 72.7 cm³/mol. The van der Waals surface area contributed by atoms with E-state index in [1.165, 1.54) is 12.0 Å². The van der Waals surface area contributed by atoms with E-state index in [1.807, 2.05) is 0 Å². The number of Topliss-reactive ketones (excluding diaryl/α,β-unsaturated/α-hetero) is 1. The number of benzene rings is 1. The van der Waals surface area contributed by atoms with Crippen molar-refractivity contribution < 1.29 is 9.53 Å². The van der Waals surface area contributed by atoms with Crippen molar-refractivity contribution in [1.29, 1.82) is 0 Å². The SMILES string of the molecule is CCc1ccc(CC(=O)CC2(OC)CCC2)cc1. The Balaban J connectivity index is 1.90. The lowest BCUT2D eigenvalue weighted by Gasteiger charge is -2.40. The van der Waals surface area contributed by atoms with Crippen LogP contribution in [-0.2, 0) is 22.4 Å². The minimum absolute atomic E-state index is 0.138. The van der Waals surface area contributed by atoms with Crippen molar-refractivity contribution in [2.75, 3.05) is 7.11 Å². The van der Waals surface area contributed by atoms with E-state index in [-0.39, 0.29) is 5.60 Å². The van der Waals surface area contributed by atoms with Gasteiger partial charge in [0.2, 0.25) is 0 Å². The Bertz CT molecular complexity index is 396. The number of hydrogen-bond donors (Lipinski definition) is 0. The molecule has 2 nitrogen and oxygen atoms in total. The van der Waals surface area contributed by atoms with Gasteiger partial charge in [-0.3, -0.25) is 4.79 Å². The molecule has 0 bridgehead atoms. The topological polar surface area (TPSA) is 26.3 Å². The highest BCUT2D eigenvalue weighted by molar-refractivity contribution is 5.82. The number of aryl methyl sites for hydroxylation is 1. The van der Waals surface area contributed by atoms with Crippen LogP contribution in [0.1, 0.15) is 43.7 Å². The van der Waals surface area contributed by atoms with E-state index in [0.717, 1.165) is 24.8 Å². The number of carbonyl (C=O) groups excluding carboxylic acids is 1. The first-order chi connectivity index (χ1) is 8.67. The van der Waals surface area contributed by atoms with Crippen molar-refractivity contribution in [3.63, 3.8) is 0 Å². The molecule has 1 fully saturated rings. The van der Waals surface area contributed by atoms with E-state index >= 15 is 0 Å². The molecule has 1 aromatic carbocycles. The van der Waals surface area contributed by atoms with Gasteiger partial charge in [0, 0.05) is 20.0 Å². The number of hydrogen-bond acceptors (Lipinski definition) is 2. The van der Waals surface area contributed by atoms with Crippen LogP contribution in [0.2, 0.25) is 0 Å². The van der Waals surface area contributed by atoms with E-state index in [4.69, 9.17) is 4.74 Å². The van der Waals surface area contributed by atoms with E-state index in [1.54, 1.807) is 7.11 Å². The zero-order valence-electron chi connectivity index (χ0n) is 11.4. The smallest absolute Gasteiger partial charge is 0.140 e. The first kappa shape index (κ1) is 13.3. The Kier molecular flexibility index (Phi) is 4.18. The third-order valence-electron chi connectivity index (χ3n) is 4.05. The molecule has 0 heterocycles. The van der Waals surface area contributed by atoms with Crippen LogP contribution < -0.4 is 0 Å². The fourth-order valence-corrected chi connectivity index (χ4v) is 2.57. The summed E-state index contributed by atoms with van der Waals surface area (Å²) in [6, 6.07) is 8.35. The van der Waals surface area contributed by atoms with Crippen molar-refractivity contribution in [3.8, 4) is 0 Å². The van der Waals surface area contributed by atoms with Crippen LogP contribution >= 0.6 is 0 Å². The maximum atomic E-state index is 12.1. The minimum Gasteiger partial charge on any atom is -0.378 e. The van der Waals surface area contributed by atoms with Gasteiger partial charge in [0.1, 0.15) is 5.78 Å². The first-order valence-electron chi connectivity index (χ1n) is 6.82. The van der Waals surface area contributed by atoms with Gasteiger partial charge in [0.05, 0.1) is 5.60 Å². The number of methoxy groups -OCH3 is 1. The van der Waals surface area contributed by atoms with Crippen LogP contribution in [0.15, 0.2) is 24.3 Å². The molecular weight excluding hydrogens is 224 g/mol. The van der Waals surface area contributed by atoms with Crippen molar-refractivity contribution >= 4 is 5.78 Å². The van der Waals surface area contributed by atoms with Gasteiger partial charge < -0.3 is 4.74 Å². The Morgan fingerprint density at radius 1 is 1.22 bits per heavy atom. The summed E-state index contributed by atoms with van der Waals surface area (Å²) in [5.74, 6) is 0.292. The second kappa shape index (κ2) is 5.66. The molecule has 0 N–H and O–H groups in total. The molecule has 2 rings (SSSR count). The zero-order valence-corrected chi connectivity index (χ0v) is 11.4. The molecule has 0 unspecified atom stereocenters. The summed E-state index contributed by atoms with van der Waals surface area (Å²) in [7, 11) is 1.72. The normalized spacial score (nSPS) is 17.2. The Morgan fingerprint density at radius 3 is 2.28 bits per heavy atom. The lowest BCUT2D eigenvalue weighted by atomic mass is 9.76. The highest BCUT2D eigenvalue weighted by Crippen LogP contribution is 2.38. The monoisotopic (exact) mass is 246 g/mol. The lowest BCUT2D eigenvalue weighted by Crippen LogP contribution is -2.41. The largest absolute Gasteiger partial charge is 0.378 e. The van der Waals surface area contributed by atoms with E-state index in [0.29, 0.717) is 18.6 Å². The fraction of sp³-hybridized carbons (Fsp3) is 0.562. The van der Waals surface area contributed by atoms with Gasteiger partial charge in [-0.2, -0.15) is 0 Å². The average Bonchev–Trinajstić information content (AvgIpc) is 2.35. The average molecular weight is 246 g/mol. The highest BCUT2D eigenvalue weighted by Gasteiger charge is 2.38. The van der Waals surface area contributed by atoms with E-state index in [9.17, 15) is 4.79 Å². The summed E-state index contributed by atoms with van der Waals surface area (Å²) in [5.41, 5.74) is 2.29. The second-order valence-corrected chi connectivity index (χ2v) is 5.30. The van der Waals surface area contributed by atoms with E-state index < -0.39 is 0 Å². The van der Waals surface area contributed by atoms with Crippen molar-refractivity contribution in [2.24, 2.45) is 0 Å². The molecule has 1 aliphatic carbocycles. The molecule has 0 amide bonds. The summed E-state index contributed by atoms with van der Waals surface area (Å²) in [6.45, 7) is 2.14. The van der Waals surface area contributed by atoms with Crippen LogP contribution in [-0.4, -0.2) is 18.5 Å². The van der Waals surface area contributed by atoms with Gasteiger partial charge in [-0.15, -0.1) is 0 Å². The van der Waals surface area contributed by atoms with Crippen molar-refractivity contribution in [2.45, 2.75) is 51.0 Å². The summed E-state index contributed by atoms with van der Waals surface area (Å²) in [4.78, 5) is 12.1. The minimum atomic E-state index is -0.138. The Hall–Kier alpha value is -1.15. The molecule has 1 aromatic rings. The van der Waals surface area contributed by atoms with Crippen LogP contribution in [0.4, 0.5) is 0 Å². The van der Waals surface area contributed by atoms with Crippen LogP contribution in [0.5, 0.6) is 0 Å². The second-order valence-electron chi connectivity index (χ2n) is 5.30. The predicted octanol–water partition coefficient (Wildman–Crippen LogP) is 3.32. The quantitative estimate of drug-likeness (QED) is 0.769. The Labute approximate surface area is 109 Å². The lowest BCUT2D eigenvalue weighted by molar-refractivity contribution is -0.131. The van der Waals surface area contributed by atoms with Crippen LogP contribution in [0.3, 0.4) is 0 Å². The number of carbonyl (C=O) groups is 1. The number of rotatable bonds is 6. The molecular formula is C16H22O2. The van der Waals surface area contributed by atoms with Crippen molar-refractivity contribution in [1.82, 2.24) is 0 Å². The molecule has 0 aromatic heterocycles. The highest BCUT2D eigenvalue weighted by atomic mass is 16.5. The maximum absolute atomic E-state index is 12.1. The third-order valence-corrected chi connectivity index (χ3v) is 4.05. The van der Waals surface area contributed by atoms with Crippen LogP contribution in [0, 0.1) is 0 Å². The van der Waals surface area contributed by atoms with Crippen LogP contribution in [0.25, 0.3) is 0 Å². The number of ketones is 1. The van der Waals surface area contributed by atoms with Gasteiger partial charge in [-0.1, -0.05) is 31.2 Å². The van der Waals surface area contributed by atoms with Gasteiger partial charge in [0.25, 0.3) is 0 Å². The van der Waals surface area contributed by atoms with E-state index in [2.05, 4.69) is 31.2 Å². The van der Waals surface area contributed by atoms with Crippen molar-refractivity contribution in [3.05, 3.63) is 35.4 Å². The molecule has 98 valence electrons. The van der Waals surface area contributed by atoms with Gasteiger partial charge in [-0.05, 0) is 36.8 Å². The molecule has 0 aliphatic heterocycles. The molecule has 0 atom stereocenters. The summed E-state index contributed by atoms with van der Waals surface area (Å²) in [6.07, 6.45) is 5.40. The molecule has 2 heteroatoms. The molecule has 1 saturated carbocycles. The zero-order chi connectivity index (χ0) is 13.0. The number of ether oxygens (including phenoxy) is 1. The van der Waals surface area contributed by atoms with Gasteiger partial charge in [-0.25, -0.2) is 0 Å². The molecule has 0 spiro atoms. The Morgan fingerprint density at radius 2 is 1.83 bits per heavy atom. The fourth-order valence-electron chi connectivity index (χ4n) is 2.57. The van der Waals surface area contributed by atoms with Gasteiger partial charge >= 0.3 is 0 Å². The first-order valence-corrected chi connectivity index (χ1v) is 6.82. The molecule has 1 aliphatic rings. The third kappa shape index (κ3) is 2.99. The maximum Gasteiger partial charge on any atom is 0.140 e.